The van der Waals surface area contributed by atoms with Crippen molar-refractivity contribution in [3.63, 3.8) is 0 Å². The van der Waals surface area contributed by atoms with Gasteiger partial charge in [0.2, 0.25) is 0 Å². The molecule has 3 rings (SSSR count). The predicted molar refractivity (Wildman–Crippen MR) is 116 cm³/mol. The molecule has 0 aliphatic heterocycles. The summed E-state index contributed by atoms with van der Waals surface area (Å²) in [7, 11) is 0. The quantitative estimate of drug-likeness (QED) is 0.586. The van der Waals surface area contributed by atoms with Gasteiger partial charge in [-0.15, -0.1) is 0 Å². The molecule has 2 heterocycles. The molecule has 0 saturated carbocycles. The van der Waals surface area contributed by atoms with Crippen molar-refractivity contribution in [2.24, 2.45) is 0 Å². The van der Waals surface area contributed by atoms with E-state index in [4.69, 9.17) is 10.2 Å². The Hall–Kier alpha value is -2.93. The third-order valence-corrected chi connectivity index (χ3v) is 4.86. The molecule has 0 radical (unpaired) electrons. The number of fused-ring (bicyclic) bond motifs is 1. The number of nitrogens with one attached hydrogen (secondary N) is 1. The second kappa shape index (κ2) is 6.91. The topological polar surface area (TPSA) is 61.6 Å². The number of aryl methyl sites for hydroxylation is 1. The van der Waals surface area contributed by atoms with Crippen molar-refractivity contribution in [1.82, 2.24) is 9.97 Å². The lowest BCUT2D eigenvalue weighted by molar-refractivity contribution is 0.558. The summed E-state index contributed by atoms with van der Waals surface area (Å²) in [5.74, 6) is 0.721. The fourth-order valence-electron chi connectivity index (χ4n) is 3.21. The summed E-state index contributed by atoms with van der Waals surface area (Å²) >= 11 is 0. The van der Waals surface area contributed by atoms with E-state index >= 15 is 0 Å². The number of aromatic nitrogens is 2. The summed E-state index contributed by atoms with van der Waals surface area (Å²) in [5, 5.41) is 13.6. The molecule has 0 saturated heterocycles. The van der Waals surface area contributed by atoms with Gasteiger partial charge < -0.3 is 5.32 Å². The van der Waals surface area contributed by atoms with Gasteiger partial charge in [0.25, 0.3) is 0 Å². The summed E-state index contributed by atoms with van der Waals surface area (Å²) in [6.45, 7) is 15.1. The molecular formula is C24H28N4. The van der Waals surface area contributed by atoms with Gasteiger partial charge in [0, 0.05) is 22.2 Å². The highest BCUT2D eigenvalue weighted by molar-refractivity contribution is 5.87. The first-order chi connectivity index (χ1) is 13.0. The van der Waals surface area contributed by atoms with Crippen LogP contribution in [-0.2, 0) is 10.8 Å². The van der Waals surface area contributed by atoms with Crippen molar-refractivity contribution in [3.8, 4) is 6.07 Å². The van der Waals surface area contributed by atoms with Gasteiger partial charge in [-0.2, -0.15) is 5.26 Å². The molecule has 3 aromatic rings. The van der Waals surface area contributed by atoms with Crippen LogP contribution in [0.5, 0.6) is 0 Å². The number of rotatable bonds is 2. The molecule has 0 atom stereocenters. The molecule has 0 aliphatic rings. The molecule has 4 heteroatoms. The van der Waals surface area contributed by atoms with E-state index in [1.54, 1.807) is 6.07 Å². The van der Waals surface area contributed by atoms with Crippen LogP contribution in [0.1, 0.15) is 64.1 Å². The third-order valence-electron chi connectivity index (χ3n) is 4.86. The van der Waals surface area contributed by atoms with E-state index in [0.717, 1.165) is 28.4 Å². The number of nitrogens with zero attached hydrogens (tertiary/aromatic N) is 3. The molecular weight excluding hydrogens is 344 g/mol. The van der Waals surface area contributed by atoms with E-state index in [1.165, 1.54) is 10.9 Å². The first-order valence-corrected chi connectivity index (χ1v) is 9.59. The van der Waals surface area contributed by atoms with Gasteiger partial charge in [-0.3, -0.25) is 4.98 Å². The number of nitriles is 1. The van der Waals surface area contributed by atoms with Crippen molar-refractivity contribution >= 4 is 22.4 Å². The molecule has 1 N–H and O–H groups in total. The fraction of sp³-hybridized carbons (Fsp3) is 0.375. The maximum Gasteiger partial charge on any atom is 0.130 e. The average molecular weight is 373 g/mol. The molecule has 1 aromatic carbocycles. The Kier molecular flexibility index (Phi) is 4.89. The number of hydrogen-bond donors (Lipinski definition) is 1. The van der Waals surface area contributed by atoms with Crippen LogP contribution in [0.4, 0.5) is 11.5 Å². The summed E-state index contributed by atoms with van der Waals surface area (Å²) in [4.78, 5) is 9.44. The van der Waals surface area contributed by atoms with Crippen LogP contribution in [0.25, 0.3) is 10.9 Å². The molecule has 144 valence electrons. The zero-order valence-electron chi connectivity index (χ0n) is 17.8. The fourth-order valence-corrected chi connectivity index (χ4v) is 3.21. The molecule has 0 amide bonds. The van der Waals surface area contributed by atoms with Crippen molar-refractivity contribution in [2.45, 2.75) is 59.3 Å². The Labute approximate surface area is 167 Å². The van der Waals surface area contributed by atoms with Crippen LogP contribution >= 0.6 is 0 Å². The molecule has 0 unspecified atom stereocenters. The lowest BCUT2D eigenvalue weighted by atomic mass is 9.81. The Bertz CT molecular complexity index is 1080. The first-order valence-electron chi connectivity index (χ1n) is 9.59. The first kappa shape index (κ1) is 19.8. The maximum atomic E-state index is 9.08. The third kappa shape index (κ3) is 3.99. The van der Waals surface area contributed by atoms with E-state index in [9.17, 15) is 0 Å². The number of hydrogen-bond acceptors (Lipinski definition) is 4. The van der Waals surface area contributed by atoms with E-state index in [1.807, 2.05) is 13.0 Å². The zero-order valence-corrected chi connectivity index (χ0v) is 17.8. The van der Waals surface area contributed by atoms with Crippen LogP contribution in [0.2, 0.25) is 0 Å². The van der Waals surface area contributed by atoms with Gasteiger partial charge in [-0.05, 0) is 48.2 Å². The Morgan fingerprint density at radius 2 is 1.61 bits per heavy atom. The summed E-state index contributed by atoms with van der Waals surface area (Å²) in [6.07, 6.45) is 0. The Balaban J connectivity index is 2.10. The minimum Gasteiger partial charge on any atom is -0.340 e. The second-order valence-electron chi connectivity index (χ2n) is 9.35. The van der Waals surface area contributed by atoms with Crippen molar-refractivity contribution in [1.29, 1.82) is 5.26 Å². The minimum absolute atomic E-state index is 0.0244. The summed E-state index contributed by atoms with van der Waals surface area (Å²) in [5.41, 5.74) is 5.63. The van der Waals surface area contributed by atoms with Crippen molar-refractivity contribution in [2.75, 3.05) is 5.32 Å². The molecule has 4 nitrogen and oxygen atoms in total. The second-order valence-corrected chi connectivity index (χ2v) is 9.35. The van der Waals surface area contributed by atoms with Crippen LogP contribution in [0.15, 0.2) is 36.4 Å². The number of anilines is 2. The van der Waals surface area contributed by atoms with Crippen LogP contribution < -0.4 is 5.32 Å². The van der Waals surface area contributed by atoms with E-state index < -0.39 is 0 Å². The van der Waals surface area contributed by atoms with Gasteiger partial charge in [0.15, 0.2) is 0 Å². The molecule has 2 aromatic heterocycles. The Morgan fingerprint density at radius 1 is 0.893 bits per heavy atom. The molecule has 0 bridgehead atoms. The Morgan fingerprint density at radius 3 is 2.18 bits per heavy atom. The van der Waals surface area contributed by atoms with Crippen molar-refractivity contribution < 1.29 is 0 Å². The minimum atomic E-state index is -0.0244. The van der Waals surface area contributed by atoms with Crippen molar-refractivity contribution in [3.05, 3.63) is 58.9 Å². The van der Waals surface area contributed by atoms with Gasteiger partial charge in [-0.1, -0.05) is 47.6 Å². The molecule has 0 spiro atoms. The predicted octanol–water partition coefficient (Wildman–Crippen LogP) is 6.15. The standard InChI is InChI=1S/C24H28N4/c1-15-16(14-25)8-11-22(26-15)27-17-9-10-18-19(23(2,3)4)13-21(24(5,6)7)28-20(18)12-17/h8-13H,1-7H3,(H,26,27). The molecule has 28 heavy (non-hydrogen) atoms. The summed E-state index contributed by atoms with van der Waals surface area (Å²) < 4.78 is 0. The highest BCUT2D eigenvalue weighted by Crippen LogP contribution is 2.34. The number of benzene rings is 1. The number of pyridine rings is 2. The van der Waals surface area contributed by atoms with Crippen LogP contribution in [-0.4, -0.2) is 9.97 Å². The molecule has 0 aliphatic carbocycles. The summed E-state index contributed by atoms with van der Waals surface area (Å²) in [6, 6.07) is 14.3. The SMILES string of the molecule is Cc1nc(Nc2ccc3c(C(C)(C)C)cc(C(C)(C)C)nc3c2)ccc1C#N. The van der Waals surface area contributed by atoms with Crippen LogP contribution in [0, 0.1) is 18.3 Å². The molecule has 0 fully saturated rings. The zero-order chi connectivity index (χ0) is 20.7. The van der Waals surface area contributed by atoms with Gasteiger partial charge >= 0.3 is 0 Å². The highest BCUT2D eigenvalue weighted by atomic mass is 15.0. The lowest BCUT2D eigenvalue weighted by Crippen LogP contribution is -2.18. The van der Waals surface area contributed by atoms with Gasteiger partial charge in [0.05, 0.1) is 16.8 Å². The largest absolute Gasteiger partial charge is 0.340 e. The normalized spacial score (nSPS) is 12.1. The van der Waals surface area contributed by atoms with E-state index in [2.05, 4.69) is 82.2 Å². The maximum absolute atomic E-state index is 9.08. The van der Waals surface area contributed by atoms with Crippen LogP contribution in [0.3, 0.4) is 0 Å². The lowest BCUT2D eigenvalue weighted by Gasteiger charge is -2.26. The van der Waals surface area contributed by atoms with Gasteiger partial charge in [0.1, 0.15) is 11.9 Å². The smallest absolute Gasteiger partial charge is 0.130 e. The van der Waals surface area contributed by atoms with Gasteiger partial charge in [-0.25, -0.2) is 4.98 Å². The van der Waals surface area contributed by atoms with E-state index in [0.29, 0.717) is 5.56 Å². The monoisotopic (exact) mass is 372 g/mol. The highest BCUT2D eigenvalue weighted by Gasteiger charge is 2.23. The average Bonchev–Trinajstić information content (AvgIpc) is 2.59. The van der Waals surface area contributed by atoms with E-state index in [-0.39, 0.29) is 10.8 Å².